The lowest BCUT2D eigenvalue weighted by atomic mass is 10.1. The Labute approximate surface area is 140 Å². The van der Waals surface area contributed by atoms with E-state index in [1.165, 1.54) is 0 Å². The molecule has 2 heterocycles. The summed E-state index contributed by atoms with van der Waals surface area (Å²) in [7, 11) is 0. The molecule has 1 aliphatic heterocycles. The molecule has 2 aromatic rings. The third-order valence-electron chi connectivity index (χ3n) is 3.75. The molecule has 7 heteroatoms. The molecule has 0 N–H and O–H groups in total. The Morgan fingerprint density at radius 1 is 1.35 bits per heavy atom. The highest BCUT2D eigenvalue weighted by molar-refractivity contribution is 6.32. The lowest BCUT2D eigenvalue weighted by molar-refractivity contribution is -0.0766. The van der Waals surface area contributed by atoms with Gasteiger partial charge in [0.2, 0.25) is 5.82 Å². The molecular weight excluding hydrogens is 316 g/mol. The first-order valence-electron chi connectivity index (χ1n) is 7.49. The van der Waals surface area contributed by atoms with Crippen LogP contribution >= 0.6 is 11.6 Å². The summed E-state index contributed by atoms with van der Waals surface area (Å²) in [4.78, 5) is 18.7. The van der Waals surface area contributed by atoms with E-state index in [2.05, 4.69) is 10.1 Å². The zero-order valence-corrected chi connectivity index (χ0v) is 14.2. The van der Waals surface area contributed by atoms with Crippen molar-refractivity contribution in [1.82, 2.24) is 19.7 Å². The molecule has 0 aliphatic carbocycles. The Morgan fingerprint density at radius 2 is 2.09 bits per heavy atom. The SMILES string of the molecule is Cc1nc(C(=O)N2CCOC(C)(C)C2)nn1-c1ccccc1Cl. The monoisotopic (exact) mass is 334 g/mol. The third kappa shape index (κ3) is 3.23. The Kier molecular flexibility index (Phi) is 4.12. The molecule has 122 valence electrons. The number of morpholine rings is 1. The number of carbonyl (C=O) groups is 1. The summed E-state index contributed by atoms with van der Waals surface area (Å²) in [5.41, 5.74) is 0.356. The molecule has 6 nitrogen and oxygen atoms in total. The smallest absolute Gasteiger partial charge is 0.293 e. The predicted molar refractivity (Wildman–Crippen MR) is 87.0 cm³/mol. The molecule has 1 fully saturated rings. The first-order valence-corrected chi connectivity index (χ1v) is 7.87. The van der Waals surface area contributed by atoms with Crippen LogP contribution in [0.4, 0.5) is 0 Å². The van der Waals surface area contributed by atoms with E-state index in [1.54, 1.807) is 22.6 Å². The van der Waals surface area contributed by atoms with E-state index in [4.69, 9.17) is 16.3 Å². The van der Waals surface area contributed by atoms with Crippen LogP contribution in [0.1, 0.15) is 30.3 Å². The fourth-order valence-electron chi connectivity index (χ4n) is 2.66. The molecule has 0 radical (unpaired) electrons. The molecule has 1 saturated heterocycles. The summed E-state index contributed by atoms with van der Waals surface area (Å²) in [6.45, 7) is 7.31. The quantitative estimate of drug-likeness (QED) is 0.846. The van der Waals surface area contributed by atoms with Crippen molar-refractivity contribution in [3.05, 3.63) is 40.9 Å². The van der Waals surface area contributed by atoms with Crippen LogP contribution in [-0.2, 0) is 4.74 Å². The van der Waals surface area contributed by atoms with E-state index in [0.717, 1.165) is 0 Å². The largest absolute Gasteiger partial charge is 0.372 e. The van der Waals surface area contributed by atoms with Gasteiger partial charge in [0.25, 0.3) is 5.91 Å². The second-order valence-corrected chi connectivity index (χ2v) is 6.59. The molecule has 1 amide bonds. The normalized spacial score (nSPS) is 17.3. The molecule has 3 rings (SSSR count). The molecule has 0 atom stereocenters. The number of aromatic nitrogens is 3. The van der Waals surface area contributed by atoms with Gasteiger partial charge < -0.3 is 9.64 Å². The lowest BCUT2D eigenvalue weighted by Crippen LogP contribution is -2.50. The minimum atomic E-state index is -0.353. The maximum absolute atomic E-state index is 12.7. The van der Waals surface area contributed by atoms with Crippen molar-refractivity contribution in [2.24, 2.45) is 0 Å². The first kappa shape index (κ1) is 16.0. The van der Waals surface area contributed by atoms with Gasteiger partial charge in [0.15, 0.2) is 0 Å². The van der Waals surface area contributed by atoms with Crippen LogP contribution in [0.3, 0.4) is 0 Å². The Bertz CT molecular complexity index is 741. The van der Waals surface area contributed by atoms with Gasteiger partial charge in [-0.25, -0.2) is 9.67 Å². The van der Waals surface area contributed by atoms with E-state index in [-0.39, 0.29) is 17.3 Å². The number of benzene rings is 1. The minimum absolute atomic E-state index is 0.181. The average Bonchev–Trinajstić information content (AvgIpc) is 2.88. The van der Waals surface area contributed by atoms with Gasteiger partial charge in [-0.3, -0.25) is 4.79 Å². The maximum Gasteiger partial charge on any atom is 0.293 e. The number of rotatable bonds is 2. The van der Waals surface area contributed by atoms with Gasteiger partial charge in [-0.15, -0.1) is 5.10 Å². The molecule has 0 bridgehead atoms. The van der Waals surface area contributed by atoms with E-state index >= 15 is 0 Å². The fourth-order valence-corrected chi connectivity index (χ4v) is 2.88. The molecular formula is C16H19ClN4O2. The van der Waals surface area contributed by atoms with Crippen LogP contribution in [-0.4, -0.2) is 50.9 Å². The van der Waals surface area contributed by atoms with E-state index in [9.17, 15) is 4.79 Å². The Hall–Kier alpha value is -1.92. The fraction of sp³-hybridized carbons (Fsp3) is 0.438. The Balaban J connectivity index is 1.89. The van der Waals surface area contributed by atoms with Gasteiger partial charge in [-0.05, 0) is 32.9 Å². The Morgan fingerprint density at radius 3 is 2.78 bits per heavy atom. The number of hydrogen-bond donors (Lipinski definition) is 0. The highest BCUT2D eigenvalue weighted by Crippen LogP contribution is 2.21. The van der Waals surface area contributed by atoms with Gasteiger partial charge in [-0.1, -0.05) is 23.7 Å². The predicted octanol–water partition coefficient (Wildman–Crippen LogP) is 2.48. The third-order valence-corrected chi connectivity index (χ3v) is 4.07. The van der Waals surface area contributed by atoms with Gasteiger partial charge in [0, 0.05) is 13.1 Å². The maximum atomic E-state index is 12.7. The van der Waals surface area contributed by atoms with Crippen molar-refractivity contribution in [3.8, 4) is 5.69 Å². The standard InChI is InChI=1S/C16H19ClN4O2/c1-11-18-14(15(22)20-8-9-23-16(2,3)10-20)19-21(11)13-7-5-4-6-12(13)17/h4-7H,8-10H2,1-3H3. The van der Waals surface area contributed by atoms with Crippen molar-refractivity contribution in [2.75, 3.05) is 19.7 Å². The minimum Gasteiger partial charge on any atom is -0.372 e. The van der Waals surface area contributed by atoms with E-state index < -0.39 is 0 Å². The summed E-state index contributed by atoms with van der Waals surface area (Å²) in [6, 6.07) is 7.34. The number of para-hydroxylation sites is 1. The topological polar surface area (TPSA) is 60.3 Å². The summed E-state index contributed by atoms with van der Waals surface area (Å²) in [5, 5.41) is 4.91. The number of amides is 1. The molecule has 1 aliphatic rings. The van der Waals surface area contributed by atoms with Crippen LogP contribution in [0.15, 0.2) is 24.3 Å². The van der Waals surface area contributed by atoms with Crippen LogP contribution in [0, 0.1) is 6.92 Å². The molecule has 1 aromatic heterocycles. The number of nitrogens with zero attached hydrogens (tertiary/aromatic N) is 4. The zero-order chi connectivity index (χ0) is 16.6. The van der Waals surface area contributed by atoms with Crippen molar-refractivity contribution in [1.29, 1.82) is 0 Å². The summed E-state index contributed by atoms with van der Waals surface area (Å²) >= 11 is 6.21. The van der Waals surface area contributed by atoms with E-state index in [0.29, 0.717) is 36.2 Å². The van der Waals surface area contributed by atoms with Crippen LogP contribution in [0.25, 0.3) is 5.69 Å². The molecule has 23 heavy (non-hydrogen) atoms. The van der Waals surface area contributed by atoms with Gasteiger partial charge in [0.1, 0.15) is 5.82 Å². The number of halogens is 1. The van der Waals surface area contributed by atoms with Crippen molar-refractivity contribution in [3.63, 3.8) is 0 Å². The first-order chi connectivity index (χ1) is 10.9. The van der Waals surface area contributed by atoms with Crippen LogP contribution in [0.5, 0.6) is 0 Å². The second kappa shape index (κ2) is 5.94. The van der Waals surface area contributed by atoms with Crippen LogP contribution in [0.2, 0.25) is 5.02 Å². The van der Waals surface area contributed by atoms with Crippen molar-refractivity contribution >= 4 is 17.5 Å². The van der Waals surface area contributed by atoms with E-state index in [1.807, 2.05) is 32.0 Å². The van der Waals surface area contributed by atoms with Crippen LogP contribution < -0.4 is 0 Å². The summed E-state index contributed by atoms with van der Waals surface area (Å²) < 4.78 is 7.24. The second-order valence-electron chi connectivity index (χ2n) is 6.18. The molecule has 0 spiro atoms. The van der Waals surface area contributed by atoms with Crippen molar-refractivity contribution < 1.29 is 9.53 Å². The zero-order valence-electron chi connectivity index (χ0n) is 13.4. The number of ether oxygens (including phenoxy) is 1. The summed E-state index contributed by atoms with van der Waals surface area (Å²) in [6.07, 6.45) is 0. The van der Waals surface area contributed by atoms with Gasteiger partial charge >= 0.3 is 0 Å². The number of aryl methyl sites for hydroxylation is 1. The lowest BCUT2D eigenvalue weighted by Gasteiger charge is -2.37. The highest BCUT2D eigenvalue weighted by atomic mass is 35.5. The highest BCUT2D eigenvalue weighted by Gasteiger charge is 2.32. The molecule has 0 saturated carbocycles. The summed E-state index contributed by atoms with van der Waals surface area (Å²) in [5.74, 6) is 0.615. The van der Waals surface area contributed by atoms with Crippen molar-refractivity contribution in [2.45, 2.75) is 26.4 Å². The molecule has 0 unspecified atom stereocenters. The number of carbonyl (C=O) groups excluding carboxylic acids is 1. The molecule has 1 aromatic carbocycles. The van der Waals surface area contributed by atoms with Gasteiger partial charge in [0.05, 0.1) is 22.9 Å². The number of hydrogen-bond acceptors (Lipinski definition) is 4. The average molecular weight is 335 g/mol. The van der Waals surface area contributed by atoms with Gasteiger partial charge in [-0.2, -0.15) is 0 Å².